The van der Waals surface area contributed by atoms with E-state index in [1.54, 1.807) is 12.1 Å². The molecule has 1 aliphatic rings. The second-order valence-corrected chi connectivity index (χ2v) is 4.76. The van der Waals surface area contributed by atoms with Gasteiger partial charge in [0.15, 0.2) is 0 Å². The molecule has 3 heteroatoms. The first kappa shape index (κ1) is 12.2. The summed E-state index contributed by atoms with van der Waals surface area (Å²) in [5.41, 5.74) is 1.03. The van der Waals surface area contributed by atoms with Crippen LogP contribution in [0, 0.1) is 6.92 Å². The summed E-state index contributed by atoms with van der Waals surface area (Å²) in [5.74, 6) is 1.04. The third kappa shape index (κ3) is 3.93. The summed E-state index contributed by atoms with van der Waals surface area (Å²) >= 11 is 0. The van der Waals surface area contributed by atoms with Gasteiger partial charge in [-0.25, -0.2) is 0 Å². The minimum atomic E-state index is 0.276. The number of likely N-dealkylation sites (tertiary alicyclic amines) is 1. The lowest BCUT2D eigenvalue weighted by atomic mass is 10.1. The van der Waals surface area contributed by atoms with E-state index in [-0.39, 0.29) is 5.75 Å². The molecule has 0 atom stereocenters. The van der Waals surface area contributed by atoms with Gasteiger partial charge in [-0.15, -0.1) is 0 Å². The Balaban J connectivity index is 1.77. The molecular formula is C14H21NO2. The van der Waals surface area contributed by atoms with Gasteiger partial charge in [-0.05, 0) is 50.6 Å². The lowest BCUT2D eigenvalue weighted by molar-refractivity contribution is 0.183. The number of rotatable bonds is 4. The molecule has 1 aliphatic heterocycles. The fourth-order valence-electron chi connectivity index (χ4n) is 2.29. The van der Waals surface area contributed by atoms with Crippen LogP contribution in [0.1, 0.15) is 24.8 Å². The first-order valence-electron chi connectivity index (χ1n) is 6.40. The summed E-state index contributed by atoms with van der Waals surface area (Å²) in [7, 11) is 0. The Morgan fingerprint density at radius 2 is 1.94 bits per heavy atom. The van der Waals surface area contributed by atoms with Crippen LogP contribution in [0.15, 0.2) is 18.2 Å². The molecule has 0 amide bonds. The van der Waals surface area contributed by atoms with Crippen LogP contribution in [0.25, 0.3) is 0 Å². The molecule has 1 fully saturated rings. The molecule has 1 N–H and O–H groups in total. The maximum atomic E-state index is 9.45. The zero-order chi connectivity index (χ0) is 12.1. The van der Waals surface area contributed by atoms with E-state index in [4.69, 9.17) is 4.74 Å². The Bertz CT molecular complexity index is 339. The van der Waals surface area contributed by atoms with E-state index < -0.39 is 0 Å². The van der Waals surface area contributed by atoms with Gasteiger partial charge in [0, 0.05) is 12.6 Å². The Labute approximate surface area is 103 Å². The van der Waals surface area contributed by atoms with E-state index in [9.17, 15) is 5.11 Å². The number of hydrogen-bond donors (Lipinski definition) is 1. The van der Waals surface area contributed by atoms with Crippen molar-refractivity contribution < 1.29 is 9.84 Å². The molecule has 0 aliphatic carbocycles. The monoisotopic (exact) mass is 235 g/mol. The molecule has 1 aromatic carbocycles. The number of aromatic hydroxyl groups is 1. The maximum Gasteiger partial charge on any atom is 0.123 e. The van der Waals surface area contributed by atoms with Crippen molar-refractivity contribution in [1.29, 1.82) is 0 Å². The summed E-state index contributed by atoms with van der Waals surface area (Å²) in [6, 6.07) is 5.36. The number of nitrogens with zero attached hydrogens (tertiary/aromatic N) is 1. The van der Waals surface area contributed by atoms with Crippen molar-refractivity contribution in [3.05, 3.63) is 23.8 Å². The maximum absolute atomic E-state index is 9.45. The number of benzene rings is 1. The van der Waals surface area contributed by atoms with E-state index in [2.05, 4.69) is 4.90 Å². The SMILES string of the molecule is Cc1cc(O)cc(OCCN2CCCCC2)c1. The molecular weight excluding hydrogens is 214 g/mol. The molecule has 1 saturated heterocycles. The fraction of sp³-hybridized carbons (Fsp3) is 0.571. The smallest absolute Gasteiger partial charge is 0.123 e. The highest BCUT2D eigenvalue weighted by atomic mass is 16.5. The fourth-order valence-corrected chi connectivity index (χ4v) is 2.29. The lowest BCUT2D eigenvalue weighted by Crippen LogP contribution is -2.33. The van der Waals surface area contributed by atoms with Crippen LogP contribution in [0.3, 0.4) is 0 Å². The normalized spacial score (nSPS) is 17.0. The predicted molar refractivity (Wildman–Crippen MR) is 68.6 cm³/mol. The first-order valence-corrected chi connectivity index (χ1v) is 6.40. The van der Waals surface area contributed by atoms with E-state index in [0.717, 1.165) is 17.9 Å². The zero-order valence-electron chi connectivity index (χ0n) is 10.5. The van der Waals surface area contributed by atoms with Crippen molar-refractivity contribution in [2.45, 2.75) is 26.2 Å². The molecule has 1 aromatic rings. The van der Waals surface area contributed by atoms with Crippen LogP contribution in [-0.2, 0) is 0 Å². The highest BCUT2D eigenvalue weighted by Crippen LogP contribution is 2.21. The highest BCUT2D eigenvalue weighted by Gasteiger charge is 2.09. The average molecular weight is 235 g/mol. The van der Waals surface area contributed by atoms with Gasteiger partial charge in [0.2, 0.25) is 0 Å². The van der Waals surface area contributed by atoms with E-state index in [1.165, 1.54) is 32.4 Å². The Morgan fingerprint density at radius 1 is 1.18 bits per heavy atom. The van der Waals surface area contributed by atoms with Crippen LogP contribution in [0.2, 0.25) is 0 Å². The molecule has 1 heterocycles. The second kappa shape index (κ2) is 5.92. The number of aryl methyl sites for hydroxylation is 1. The second-order valence-electron chi connectivity index (χ2n) is 4.76. The molecule has 0 bridgehead atoms. The van der Waals surface area contributed by atoms with Gasteiger partial charge >= 0.3 is 0 Å². The summed E-state index contributed by atoms with van der Waals surface area (Å²) in [5, 5.41) is 9.45. The molecule has 0 aromatic heterocycles. The topological polar surface area (TPSA) is 32.7 Å². The molecule has 0 saturated carbocycles. The van der Waals surface area contributed by atoms with E-state index >= 15 is 0 Å². The number of hydrogen-bond acceptors (Lipinski definition) is 3. The molecule has 2 rings (SSSR count). The predicted octanol–water partition coefficient (Wildman–Crippen LogP) is 2.57. The van der Waals surface area contributed by atoms with Crippen molar-refractivity contribution in [2.75, 3.05) is 26.2 Å². The summed E-state index contributed by atoms with van der Waals surface area (Å²) in [6.45, 7) is 6.03. The quantitative estimate of drug-likeness (QED) is 0.870. The van der Waals surface area contributed by atoms with Gasteiger partial charge in [0.25, 0.3) is 0 Å². The third-order valence-corrected chi connectivity index (χ3v) is 3.16. The minimum absolute atomic E-state index is 0.276. The van der Waals surface area contributed by atoms with Crippen LogP contribution >= 0.6 is 0 Å². The zero-order valence-corrected chi connectivity index (χ0v) is 10.5. The van der Waals surface area contributed by atoms with Crippen LogP contribution in [0.5, 0.6) is 11.5 Å². The summed E-state index contributed by atoms with van der Waals surface area (Å²) < 4.78 is 5.67. The van der Waals surface area contributed by atoms with Gasteiger partial charge in [-0.1, -0.05) is 6.42 Å². The Morgan fingerprint density at radius 3 is 2.65 bits per heavy atom. The number of phenolic OH excluding ortho intramolecular Hbond substituents is 1. The van der Waals surface area contributed by atoms with Gasteiger partial charge < -0.3 is 9.84 Å². The molecule has 17 heavy (non-hydrogen) atoms. The highest BCUT2D eigenvalue weighted by molar-refractivity contribution is 5.36. The molecule has 3 nitrogen and oxygen atoms in total. The third-order valence-electron chi connectivity index (χ3n) is 3.16. The first-order chi connectivity index (χ1) is 8.24. The average Bonchev–Trinajstić information content (AvgIpc) is 2.29. The molecule has 0 unspecified atom stereocenters. The summed E-state index contributed by atoms with van der Waals surface area (Å²) in [4.78, 5) is 2.44. The van der Waals surface area contributed by atoms with Crippen LogP contribution in [-0.4, -0.2) is 36.2 Å². The van der Waals surface area contributed by atoms with E-state index in [0.29, 0.717) is 6.61 Å². The largest absolute Gasteiger partial charge is 0.508 e. The van der Waals surface area contributed by atoms with Crippen molar-refractivity contribution in [1.82, 2.24) is 4.90 Å². The van der Waals surface area contributed by atoms with Crippen molar-refractivity contribution in [3.8, 4) is 11.5 Å². The minimum Gasteiger partial charge on any atom is -0.508 e. The summed E-state index contributed by atoms with van der Waals surface area (Å²) in [6.07, 6.45) is 3.99. The number of piperidine rings is 1. The van der Waals surface area contributed by atoms with Crippen LogP contribution in [0.4, 0.5) is 0 Å². The van der Waals surface area contributed by atoms with Gasteiger partial charge in [-0.2, -0.15) is 0 Å². The number of ether oxygens (including phenoxy) is 1. The van der Waals surface area contributed by atoms with Gasteiger partial charge in [-0.3, -0.25) is 4.90 Å². The van der Waals surface area contributed by atoms with Crippen molar-refractivity contribution >= 4 is 0 Å². The molecule has 94 valence electrons. The molecule has 0 radical (unpaired) electrons. The van der Waals surface area contributed by atoms with Crippen molar-refractivity contribution in [3.63, 3.8) is 0 Å². The Kier molecular flexibility index (Phi) is 4.26. The van der Waals surface area contributed by atoms with Crippen LogP contribution < -0.4 is 4.74 Å². The Hall–Kier alpha value is -1.22. The van der Waals surface area contributed by atoms with Crippen molar-refractivity contribution in [2.24, 2.45) is 0 Å². The molecule has 0 spiro atoms. The van der Waals surface area contributed by atoms with Gasteiger partial charge in [0.1, 0.15) is 18.1 Å². The van der Waals surface area contributed by atoms with Gasteiger partial charge in [0.05, 0.1) is 0 Å². The van der Waals surface area contributed by atoms with E-state index in [1.807, 2.05) is 13.0 Å². The lowest BCUT2D eigenvalue weighted by Gasteiger charge is -2.26. The number of phenols is 1. The standard InChI is InChI=1S/C14H21NO2/c1-12-9-13(16)11-14(10-12)17-8-7-15-5-3-2-4-6-15/h9-11,16H,2-8H2,1H3.